The predicted octanol–water partition coefficient (Wildman–Crippen LogP) is 4.98. The highest BCUT2D eigenvalue weighted by atomic mass is 35.5. The Kier molecular flexibility index (Phi) is 36.0. The van der Waals surface area contributed by atoms with Crippen molar-refractivity contribution < 1.29 is 57.5 Å². The second-order valence-corrected chi connectivity index (χ2v) is 31.4. The summed E-state index contributed by atoms with van der Waals surface area (Å²) < 4.78 is 0. The van der Waals surface area contributed by atoms with Gasteiger partial charge in [0.2, 0.25) is 47.3 Å². The van der Waals surface area contributed by atoms with Crippen LogP contribution in [0.25, 0.3) is 10.9 Å². The van der Waals surface area contributed by atoms with E-state index in [2.05, 4.69) is 57.5 Å². The number of aromatic nitrogens is 3. The number of fused-ring (bicyclic) bond motifs is 6. The van der Waals surface area contributed by atoms with Crippen molar-refractivity contribution in [2.45, 2.75) is 197 Å². The average molecular weight is 1570 g/mol. The van der Waals surface area contributed by atoms with E-state index in [1.165, 1.54) is 25.5 Å². The molecule has 8 amide bonds. The highest BCUT2D eigenvalue weighted by molar-refractivity contribution is 8.76. The number of H-pyrrole nitrogens is 2. The van der Waals surface area contributed by atoms with Crippen molar-refractivity contribution in [3.63, 3.8) is 0 Å². The largest absolute Gasteiger partial charge is 0.388 e. The molecule has 108 heavy (non-hydrogen) atoms. The summed E-state index contributed by atoms with van der Waals surface area (Å²) in [6, 6.07) is 9.41. The van der Waals surface area contributed by atoms with E-state index in [0.717, 1.165) is 21.6 Å². The Hall–Kier alpha value is -8.52. The van der Waals surface area contributed by atoms with Gasteiger partial charge in [0.25, 0.3) is 0 Å². The van der Waals surface area contributed by atoms with E-state index in [4.69, 9.17) is 51.5 Å². The van der Waals surface area contributed by atoms with Crippen LogP contribution >= 0.6 is 44.8 Å². The first-order valence-corrected chi connectivity index (χ1v) is 40.3. The smallest absolute Gasteiger partial charge is 0.244 e. The second-order valence-electron chi connectivity index (χ2n) is 28.0. The Morgan fingerprint density at radius 1 is 0.481 bits per heavy atom. The zero-order chi connectivity index (χ0) is 78.2. The topological polar surface area (TPSA) is 473 Å². The third kappa shape index (κ3) is 27.9. The van der Waals surface area contributed by atoms with Crippen molar-refractivity contribution in [2.75, 3.05) is 31.1 Å². The predicted molar refractivity (Wildman–Crippen MR) is 418 cm³/mol. The van der Waals surface area contributed by atoms with Crippen LogP contribution in [0.3, 0.4) is 0 Å². The fraction of sp³-hybridized carbons (Fsp3) is 0.526. The van der Waals surface area contributed by atoms with Crippen LogP contribution in [0.15, 0.2) is 91.5 Å². The lowest BCUT2D eigenvalue weighted by molar-refractivity contribution is -0.136. The van der Waals surface area contributed by atoms with Crippen LogP contribution in [0.2, 0.25) is 10.0 Å². The number of carbonyl (C=O) groups is 12. The molecule has 28 nitrogen and oxygen atoms in total. The normalized spacial score (nSPS) is 24.5. The van der Waals surface area contributed by atoms with E-state index in [0.29, 0.717) is 78.2 Å². The molecule has 2 bridgehead atoms. The molecule has 0 unspecified atom stereocenters. The van der Waals surface area contributed by atoms with Crippen molar-refractivity contribution in [2.24, 2.45) is 46.6 Å². The summed E-state index contributed by atoms with van der Waals surface area (Å²) >= 11 is 13.0. The molecule has 0 radical (unpaired) electrons. The van der Waals surface area contributed by atoms with E-state index in [1.54, 1.807) is 61.7 Å². The summed E-state index contributed by atoms with van der Waals surface area (Å²) in [6.07, 6.45) is 5.67. The molecule has 586 valence electrons. The van der Waals surface area contributed by atoms with Crippen molar-refractivity contribution in [3.05, 3.63) is 124 Å². The van der Waals surface area contributed by atoms with Gasteiger partial charge in [-0.15, -0.1) is 0 Å². The Morgan fingerprint density at radius 2 is 1.04 bits per heavy atom. The lowest BCUT2D eigenvalue weighted by atomic mass is 9.82. The molecule has 0 aliphatic carbocycles. The number of Topliss-reactive ketones (excluding diaryl/α,β-unsaturated/α-hetero) is 4. The standard InChI is InChI=1S/C76H104Cl2N16O12S2/c1-44-30-65(96)51-37-66(97)49(31-47-25-26-54(77)55(78)32-47)36-67(98)57(21-8-9-24-68(82)83)88-73(103)60(33-46-16-4-3-5-17-46)92-75(105)62(38-52-40-84-43-86-52)91-69(99)45(2)87-76(106)63(42-108-107-41-51)94-74(104)61(34-50-39-85-56-20-7-6-19-53(50)56)93-72(102)59(23-12-15-29-81)90-71(101)58(22-11-14-28-80)89-70(100)48(35-64(44)95)18-10-13-27-79/h3-7,16-17,19-20,25-26,32,39-40,43-45,48-49,51,57-63,85H,8-15,18,21-24,27-31,33-38,41-42,79-81H2,1-2H3,(H3,82,83)(H,84,86)(H,87,106)(H,88,103)(H,89,100)(H,90,101)(H,91,99)(H,92,105)(H,93,102)(H,94,104)/t44-,45+,48-,49-,51+,57+,58+,59+,60-,61+,62+,63+/m1/s1. The maximum Gasteiger partial charge on any atom is 0.244 e. The van der Waals surface area contributed by atoms with Crippen LogP contribution in [0.5, 0.6) is 0 Å². The molecule has 12 atom stereocenters. The number of hydrogen-bond donors (Lipinski definition) is 15. The van der Waals surface area contributed by atoms with Crippen LogP contribution in [-0.4, -0.2) is 171 Å². The van der Waals surface area contributed by atoms with Gasteiger partial charge in [-0.25, -0.2) is 4.98 Å². The first-order chi connectivity index (χ1) is 51.8. The minimum Gasteiger partial charge on any atom is -0.388 e. The SMILES string of the molecule is C[C@@H]1CC(=O)[C@@H]2CSSC[C@H](NC(=O)[C@H](Cc3c[nH]c4ccccc34)NC(=O)[C@H](CCCCN)NC(=O)[C@H](CCCCN)NC(=O)[C@H](CCCCN)CC1=O)C(=O)N[C@@H](C)C(=O)N[C@@H](Cc1cnc[nH]1)C(=O)N[C@H](Cc1ccccc1)C(=O)N[C@@H](CCCCC(=N)N)C(=O)C[C@@H](Cc1ccc(Cl)c(Cl)c1)C(=O)C2. The van der Waals surface area contributed by atoms with E-state index in [1.807, 2.05) is 18.2 Å². The molecule has 2 aliphatic rings. The number of hydrogen-bond acceptors (Lipinski definition) is 19. The van der Waals surface area contributed by atoms with Crippen molar-refractivity contribution in [1.29, 1.82) is 5.41 Å². The summed E-state index contributed by atoms with van der Waals surface area (Å²) in [4.78, 5) is 191. The number of imidazole rings is 1. The van der Waals surface area contributed by atoms with E-state index in [9.17, 15) is 24.0 Å². The molecule has 5 aromatic rings. The van der Waals surface area contributed by atoms with Gasteiger partial charge < -0.3 is 75.4 Å². The average Bonchev–Trinajstić information content (AvgIpc) is 1.57. The zero-order valence-corrected chi connectivity index (χ0v) is 64.3. The number of amides is 8. The molecule has 7 rings (SSSR count). The molecule has 0 spiro atoms. The first kappa shape index (κ1) is 86.7. The number of amidine groups is 1. The van der Waals surface area contributed by atoms with E-state index in [-0.39, 0.29) is 118 Å². The van der Waals surface area contributed by atoms with Gasteiger partial charge in [-0.1, -0.05) is 119 Å². The number of benzene rings is 3. The number of nitrogens with zero attached hydrogens (tertiary/aromatic N) is 1. The molecule has 3 aromatic carbocycles. The number of nitrogens with two attached hydrogens (primary N) is 4. The maximum atomic E-state index is 15.5. The number of nitrogens with one attached hydrogen (secondary N) is 11. The summed E-state index contributed by atoms with van der Waals surface area (Å²) in [5.74, 6) is -13.7. The number of ketones is 4. The van der Waals surface area contributed by atoms with Crippen molar-refractivity contribution in [1.82, 2.24) is 57.5 Å². The van der Waals surface area contributed by atoms with Crippen LogP contribution in [0.1, 0.15) is 145 Å². The van der Waals surface area contributed by atoms with Gasteiger partial charge in [0, 0.05) is 116 Å². The molecule has 32 heteroatoms. The third-order valence-corrected chi connectivity index (χ3v) is 22.7. The molecule has 2 saturated heterocycles. The first-order valence-electron chi connectivity index (χ1n) is 37.1. The highest BCUT2D eigenvalue weighted by Crippen LogP contribution is 2.32. The molecule has 2 aromatic heterocycles. The Labute approximate surface area is 647 Å². The number of unbranched alkanes of at least 4 members (excludes halogenated alkanes) is 4. The summed E-state index contributed by atoms with van der Waals surface area (Å²) in [5.41, 5.74) is 26.3. The minimum atomic E-state index is -1.56. The molecular formula is C76H104Cl2N16O12S2. The number of para-hydroxylation sites is 1. The van der Waals surface area contributed by atoms with Gasteiger partial charge in [0.05, 0.1) is 28.3 Å². The van der Waals surface area contributed by atoms with E-state index >= 15 is 33.6 Å². The lowest BCUT2D eigenvalue weighted by Gasteiger charge is -2.28. The Balaban J connectivity index is 1.38. The van der Waals surface area contributed by atoms with Gasteiger partial charge in [-0.3, -0.25) is 62.9 Å². The van der Waals surface area contributed by atoms with Gasteiger partial charge in [0.1, 0.15) is 59.6 Å². The van der Waals surface area contributed by atoms with E-state index < -0.39 is 162 Å². The number of carbonyl (C=O) groups excluding carboxylic acids is 12. The lowest BCUT2D eigenvalue weighted by Crippen LogP contribution is -2.61. The fourth-order valence-electron chi connectivity index (χ4n) is 13.1. The molecule has 2 fully saturated rings. The maximum absolute atomic E-state index is 15.5. The fourth-order valence-corrected chi connectivity index (χ4v) is 15.9. The van der Waals surface area contributed by atoms with Gasteiger partial charge in [0.15, 0.2) is 5.78 Å². The minimum absolute atomic E-state index is 0.00227. The summed E-state index contributed by atoms with van der Waals surface area (Å²) in [6.45, 7) is 3.68. The van der Waals surface area contributed by atoms with Crippen LogP contribution in [-0.2, 0) is 83.2 Å². The number of rotatable bonds is 25. The molecule has 19 N–H and O–H groups in total. The second kappa shape index (κ2) is 44.8. The molecule has 4 heterocycles. The van der Waals surface area contributed by atoms with Crippen LogP contribution < -0.4 is 65.5 Å². The summed E-state index contributed by atoms with van der Waals surface area (Å²) in [5, 5.41) is 31.5. The number of aromatic amines is 2. The third-order valence-electron chi connectivity index (χ3n) is 19.4. The van der Waals surface area contributed by atoms with Crippen molar-refractivity contribution in [3.8, 4) is 0 Å². The quantitative estimate of drug-likeness (QED) is 0.0158. The van der Waals surface area contributed by atoms with Crippen LogP contribution in [0.4, 0.5) is 0 Å². The molecule has 0 saturated carbocycles. The molecule has 2 aliphatic heterocycles. The van der Waals surface area contributed by atoms with Gasteiger partial charge in [-0.05, 0) is 132 Å². The Bertz CT molecular complexity index is 3890. The van der Waals surface area contributed by atoms with Crippen LogP contribution in [0, 0.1) is 29.1 Å². The van der Waals surface area contributed by atoms with Crippen molar-refractivity contribution >= 4 is 132 Å². The zero-order valence-electron chi connectivity index (χ0n) is 61.2. The number of halogens is 2. The molecular weight excluding hydrogens is 1460 g/mol. The van der Waals surface area contributed by atoms with Gasteiger partial charge >= 0.3 is 0 Å². The highest BCUT2D eigenvalue weighted by Gasteiger charge is 2.39. The summed E-state index contributed by atoms with van der Waals surface area (Å²) in [7, 11) is 2.08. The monoisotopic (exact) mass is 1570 g/mol. The Morgan fingerprint density at radius 3 is 1.69 bits per heavy atom. The van der Waals surface area contributed by atoms with Gasteiger partial charge in [-0.2, -0.15) is 0 Å².